The fraction of sp³-hybridized carbons (Fsp3) is 0.364. The first-order valence-electron chi connectivity index (χ1n) is 9.84. The summed E-state index contributed by atoms with van der Waals surface area (Å²) in [4.78, 5) is 18.0. The van der Waals surface area contributed by atoms with Crippen LogP contribution in [-0.2, 0) is 6.42 Å². The predicted octanol–water partition coefficient (Wildman–Crippen LogP) is 3.92. The molecule has 6 heteroatoms. The number of aryl methyl sites for hydroxylation is 1. The summed E-state index contributed by atoms with van der Waals surface area (Å²) < 4.78 is 1.78. The zero-order valence-electron chi connectivity index (χ0n) is 16.1. The number of benzene rings is 2. The average molecular weight is 399 g/mol. The molecule has 3 aromatic rings. The quantitative estimate of drug-likeness (QED) is 0.660. The number of halogens is 1. The van der Waals surface area contributed by atoms with Gasteiger partial charge in [-0.3, -0.25) is 9.36 Å². The molecule has 1 aliphatic heterocycles. The van der Waals surface area contributed by atoms with Crippen LogP contribution in [0.25, 0.3) is 16.6 Å². The lowest BCUT2D eigenvalue weighted by molar-refractivity contribution is 0.720. The summed E-state index contributed by atoms with van der Waals surface area (Å²) in [6.07, 6.45) is 4.02. The molecule has 1 atom stereocenters. The summed E-state index contributed by atoms with van der Waals surface area (Å²) in [6.45, 7) is 4.22. The molecule has 0 aliphatic carbocycles. The predicted molar refractivity (Wildman–Crippen MR) is 118 cm³/mol. The van der Waals surface area contributed by atoms with Crippen molar-refractivity contribution in [1.29, 1.82) is 0 Å². The van der Waals surface area contributed by atoms with Crippen molar-refractivity contribution in [2.24, 2.45) is 0 Å². The van der Waals surface area contributed by atoms with E-state index < -0.39 is 0 Å². The maximum atomic E-state index is 13.2. The molecular weight excluding hydrogens is 372 g/mol. The first-order chi connectivity index (χ1) is 13.3. The fourth-order valence-corrected chi connectivity index (χ4v) is 3.67. The van der Waals surface area contributed by atoms with Crippen LogP contribution >= 0.6 is 12.4 Å². The van der Waals surface area contributed by atoms with Crippen LogP contribution in [0.1, 0.15) is 32.0 Å². The minimum absolute atomic E-state index is 0. The van der Waals surface area contributed by atoms with E-state index in [0.29, 0.717) is 11.4 Å². The second-order valence-corrected chi connectivity index (χ2v) is 7.17. The van der Waals surface area contributed by atoms with Crippen LogP contribution in [0.3, 0.4) is 0 Å². The summed E-state index contributed by atoms with van der Waals surface area (Å²) in [5, 5.41) is 7.58. The van der Waals surface area contributed by atoms with Gasteiger partial charge in [0.15, 0.2) is 0 Å². The van der Waals surface area contributed by atoms with E-state index in [1.54, 1.807) is 4.57 Å². The normalized spacial score (nSPS) is 16.1. The third kappa shape index (κ3) is 4.21. The van der Waals surface area contributed by atoms with Crippen molar-refractivity contribution in [3.05, 3.63) is 64.7 Å². The Hall–Kier alpha value is -2.37. The van der Waals surface area contributed by atoms with Crippen molar-refractivity contribution in [3.63, 3.8) is 0 Å². The standard InChI is InChI=1S/C22H26N4O.ClH/c1-2-3-8-21-25-20-7-5-4-6-19(20)22(27)26(21)18-11-9-16(10-12-18)24-17-13-14-23-15-17;/h4-7,9-12,17,23-24H,2-3,8,13-15H2,1H3;1H/t17-;/m0./s1. The van der Waals surface area contributed by atoms with E-state index in [1.807, 2.05) is 36.4 Å². The number of para-hydroxylation sites is 1. The van der Waals surface area contributed by atoms with Crippen molar-refractivity contribution in [2.75, 3.05) is 18.4 Å². The Bertz CT molecular complexity index is 978. The number of unbranched alkanes of at least 4 members (excludes halogenated alkanes) is 1. The molecule has 0 unspecified atom stereocenters. The van der Waals surface area contributed by atoms with E-state index in [2.05, 4.69) is 29.7 Å². The second-order valence-electron chi connectivity index (χ2n) is 7.17. The van der Waals surface area contributed by atoms with Gasteiger partial charge in [0, 0.05) is 24.7 Å². The van der Waals surface area contributed by atoms with Gasteiger partial charge in [0.05, 0.1) is 16.6 Å². The van der Waals surface area contributed by atoms with Crippen LogP contribution in [-0.4, -0.2) is 28.7 Å². The van der Waals surface area contributed by atoms with Crippen molar-refractivity contribution in [2.45, 2.75) is 38.6 Å². The van der Waals surface area contributed by atoms with Crippen LogP contribution in [0.5, 0.6) is 0 Å². The third-order valence-corrected chi connectivity index (χ3v) is 5.16. The van der Waals surface area contributed by atoms with Crippen molar-refractivity contribution >= 4 is 29.0 Å². The molecule has 0 saturated carbocycles. The Labute approximate surface area is 171 Å². The van der Waals surface area contributed by atoms with Gasteiger partial charge in [0.2, 0.25) is 0 Å². The molecule has 1 aliphatic rings. The molecule has 148 valence electrons. The van der Waals surface area contributed by atoms with Gasteiger partial charge < -0.3 is 10.6 Å². The second kappa shape index (κ2) is 9.22. The van der Waals surface area contributed by atoms with Gasteiger partial charge in [-0.1, -0.05) is 25.5 Å². The molecule has 2 N–H and O–H groups in total. The monoisotopic (exact) mass is 398 g/mol. The smallest absolute Gasteiger partial charge is 0.265 e. The van der Waals surface area contributed by atoms with E-state index in [4.69, 9.17) is 4.98 Å². The summed E-state index contributed by atoms with van der Waals surface area (Å²) >= 11 is 0. The topological polar surface area (TPSA) is 59.0 Å². The molecule has 5 nitrogen and oxygen atoms in total. The number of nitrogens with one attached hydrogen (secondary N) is 2. The minimum atomic E-state index is 0. The maximum absolute atomic E-state index is 13.2. The number of fused-ring (bicyclic) bond motifs is 1. The highest BCUT2D eigenvalue weighted by Gasteiger charge is 2.15. The van der Waals surface area contributed by atoms with Gasteiger partial charge in [-0.25, -0.2) is 4.98 Å². The zero-order chi connectivity index (χ0) is 18.6. The molecule has 1 aromatic heterocycles. The Morgan fingerprint density at radius 3 is 2.68 bits per heavy atom. The SMILES string of the molecule is CCCCc1nc2ccccc2c(=O)n1-c1ccc(N[C@H]2CCNC2)cc1.Cl. The van der Waals surface area contributed by atoms with E-state index >= 15 is 0 Å². The molecule has 0 radical (unpaired) electrons. The van der Waals surface area contributed by atoms with E-state index in [-0.39, 0.29) is 18.0 Å². The highest BCUT2D eigenvalue weighted by Crippen LogP contribution is 2.18. The summed E-state index contributed by atoms with van der Waals surface area (Å²) in [7, 11) is 0. The Kier molecular flexibility index (Phi) is 6.70. The zero-order valence-corrected chi connectivity index (χ0v) is 17.0. The number of nitrogens with zero attached hydrogens (tertiary/aromatic N) is 2. The Balaban J connectivity index is 0.00000225. The lowest BCUT2D eigenvalue weighted by Crippen LogP contribution is -2.24. The molecule has 1 saturated heterocycles. The van der Waals surface area contributed by atoms with Crippen molar-refractivity contribution < 1.29 is 0 Å². The van der Waals surface area contributed by atoms with Crippen LogP contribution in [0.15, 0.2) is 53.3 Å². The van der Waals surface area contributed by atoms with E-state index in [1.165, 1.54) is 0 Å². The lowest BCUT2D eigenvalue weighted by Gasteiger charge is -2.16. The molecule has 0 spiro atoms. The molecule has 2 heterocycles. The van der Waals surface area contributed by atoms with Gasteiger partial charge in [-0.2, -0.15) is 0 Å². The Morgan fingerprint density at radius 1 is 1.18 bits per heavy atom. The third-order valence-electron chi connectivity index (χ3n) is 5.16. The average Bonchev–Trinajstić information content (AvgIpc) is 3.20. The van der Waals surface area contributed by atoms with Crippen LogP contribution in [0.2, 0.25) is 0 Å². The minimum Gasteiger partial charge on any atom is -0.381 e. The largest absolute Gasteiger partial charge is 0.381 e. The molecular formula is C22H27ClN4O. The van der Waals surface area contributed by atoms with Gasteiger partial charge in [-0.05, 0) is 55.8 Å². The van der Waals surface area contributed by atoms with E-state index in [0.717, 1.165) is 61.5 Å². The van der Waals surface area contributed by atoms with Crippen molar-refractivity contribution in [1.82, 2.24) is 14.9 Å². The maximum Gasteiger partial charge on any atom is 0.265 e. The van der Waals surface area contributed by atoms with Gasteiger partial charge >= 0.3 is 0 Å². The summed E-state index contributed by atoms with van der Waals surface area (Å²) in [6, 6.07) is 16.2. The highest BCUT2D eigenvalue weighted by molar-refractivity contribution is 5.85. The first-order valence-corrected chi connectivity index (χ1v) is 9.84. The molecule has 1 fully saturated rings. The molecule has 0 amide bonds. The molecule has 2 aromatic carbocycles. The number of hydrogen-bond donors (Lipinski definition) is 2. The summed E-state index contributed by atoms with van der Waals surface area (Å²) in [5.41, 5.74) is 2.74. The van der Waals surface area contributed by atoms with Crippen LogP contribution in [0.4, 0.5) is 5.69 Å². The lowest BCUT2D eigenvalue weighted by atomic mass is 10.2. The van der Waals surface area contributed by atoms with E-state index in [9.17, 15) is 4.79 Å². The number of aromatic nitrogens is 2. The Morgan fingerprint density at radius 2 is 1.96 bits per heavy atom. The van der Waals surface area contributed by atoms with Gasteiger partial charge in [0.25, 0.3) is 5.56 Å². The van der Waals surface area contributed by atoms with Gasteiger partial charge in [0.1, 0.15) is 5.82 Å². The number of hydrogen-bond acceptors (Lipinski definition) is 4. The summed E-state index contributed by atoms with van der Waals surface area (Å²) in [5.74, 6) is 0.834. The van der Waals surface area contributed by atoms with Gasteiger partial charge in [-0.15, -0.1) is 12.4 Å². The van der Waals surface area contributed by atoms with Crippen molar-refractivity contribution in [3.8, 4) is 5.69 Å². The molecule has 4 rings (SSSR count). The first kappa shape index (κ1) is 20.4. The molecule has 28 heavy (non-hydrogen) atoms. The highest BCUT2D eigenvalue weighted by atomic mass is 35.5. The van der Waals surface area contributed by atoms with Crippen LogP contribution in [0, 0.1) is 0 Å². The number of anilines is 1. The molecule has 0 bridgehead atoms. The number of rotatable bonds is 6. The van der Waals surface area contributed by atoms with Crippen LogP contribution < -0.4 is 16.2 Å². The fourth-order valence-electron chi connectivity index (χ4n) is 3.67.